The Morgan fingerprint density at radius 3 is 2.85 bits per heavy atom. The zero-order valence-electron chi connectivity index (χ0n) is 6.18. The highest BCUT2D eigenvalue weighted by Gasteiger charge is 2.17. The lowest BCUT2D eigenvalue weighted by Gasteiger charge is -1.87. The van der Waals surface area contributed by atoms with Gasteiger partial charge in [0.25, 0.3) is 5.78 Å². The van der Waals surface area contributed by atoms with Crippen LogP contribution in [0, 0.1) is 0 Å². The van der Waals surface area contributed by atoms with Crippen LogP contribution in [0.1, 0.15) is 10.5 Å². The Morgan fingerprint density at radius 2 is 2.31 bits per heavy atom. The number of carbonyl (C=O) groups is 3. The molecule has 0 radical (unpaired) electrons. The van der Waals surface area contributed by atoms with Crippen LogP contribution in [-0.4, -0.2) is 28.3 Å². The largest absolute Gasteiger partial charge is 0.475 e. The van der Waals surface area contributed by atoms with E-state index in [-0.39, 0.29) is 10.8 Å². The van der Waals surface area contributed by atoms with E-state index in [4.69, 9.17) is 5.11 Å². The molecule has 0 aromatic carbocycles. The summed E-state index contributed by atoms with van der Waals surface area (Å²) in [7, 11) is 0. The number of carboxylic acids is 1. The first-order valence-electron chi connectivity index (χ1n) is 3.08. The summed E-state index contributed by atoms with van der Waals surface area (Å²) in [5.74, 6) is -2.65. The van der Waals surface area contributed by atoms with Crippen molar-refractivity contribution < 1.29 is 19.5 Å². The summed E-state index contributed by atoms with van der Waals surface area (Å²) in [5, 5.41) is 12.0. The van der Waals surface area contributed by atoms with E-state index in [0.717, 1.165) is 11.3 Å². The molecule has 0 saturated carbocycles. The summed E-state index contributed by atoms with van der Waals surface area (Å²) in [4.78, 5) is 34.5. The van der Waals surface area contributed by atoms with Gasteiger partial charge in [-0.2, -0.15) is 0 Å². The molecule has 1 aromatic rings. The predicted molar refractivity (Wildman–Crippen MR) is 43.8 cm³/mol. The normalized spacial score (nSPS) is 9.23. The van der Waals surface area contributed by atoms with Gasteiger partial charge in [-0.25, -0.2) is 9.78 Å². The van der Waals surface area contributed by atoms with Gasteiger partial charge in [0.15, 0.2) is 5.13 Å². The molecule has 7 heteroatoms. The number of carboxylic acid groups (broad SMARTS) is 1. The third kappa shape index (κ3) is 2.09. The van der Waals surface area contributed by atoms with Crippen molar-refractivity contribution in [2.45, 2.75) is 0 Å². The molecule has 0 aliphatic rings. The first kappa shape index (κ1) is 9.33. The Kier molecular flexibility index (Phi) is 2.70. The van der Waals surface area contributed by atoms with Crippen LogP contribution in [0.2, 0.25) is 0 Å². The van der Waals surface area contributed by atoms with E-state index in [1.807, 2.05) is 0 Å². The number of hydrogen-bond acceptors (Lipinski definition) is 5. The highest BCUT2D eigenvalue weighted by Crippen LogP contribution is 2.14. The average Bonchev–Trinajstić information content (AvgIpc) is 2.52. The molecule has 1 amide bonds. The first-order valence-corrected chi connectivity index (χ1v) is 3.96. The lowest BCUT2D eigenvalue weighted by molar-refractivity contribution is -0.131. The maximum atomic E-state index is 10.8. The number of thiazole rings is 1. The third-order valence-corrected chi connectivity index (χ3v) is 1.89. The Labute approximate surface area is 76.2 Å². The fraction of sp³-hybridized carbons (Fsp3) is 0. The molecular formula is C6H4N2O4S. The Bertz CT molecular complexity index is 359. The van der Waals surface area contributed by atoms with Gasteiger partial charge in [-0.05, 0) is 0 Å². The van der Waals surface area contributed by atoms with E-state index in [1.54, 1.807) is 0 Å². The summed E-state index contributed by atoms with van der Waals surface area (Å²) in [5.41, 5.74) is -0.179. The van der Waals surface area contributed by atoms with E-state index in [9.17, 15) is 14.4 Å². The lowest BCUT2D eigenvalue weighted by Crippen LogP contribution is -2.13. The topological polar surface area (TPSA) is 96.4 Å². The van der Waals surface area contributed by atoms with Crippen molar-refractivity contribution in [2.75, 3.05) is 5.32 Å². The van der Waals surface area contributed by atoms with Gasteiger partial charge in [0, 0.05) is 5.38 Å². The molecule has 1 aromatic heterocycles. The summed E-state index contributed by atoms with van der Waals surface area (Å²) < 4.78 is 0. The van der Waals surface area contributed by atoms with E-state index in [2.05, 4.69) is 10.3 Å². The van der Waals surface area contributed by atoms with Gasteiger partial charge in [0.1, 0.15) is 5.69 Å². The second-order valence-electron chi connectivity index (χ2n) is 1.93. The number of aliphatic carboxylic acids is 1. The van der Waals surface area contributed by atoms with E-state index in [1.165, 1.54) is 5.38 Å². The van der Waals surface area contributed by atoms with Crippen LogP contribution in [0.4, 0.5) is 5.13 Å². The minimum absolute atomic E-state index is 0.179. The molecular weight excluding hydrogens is 196 g/mol. The Balaban J connectivity index is 2.85. The fourth-order valence-corrected chi connectivity index (χ4v) is 1.25. The van der Waals surface area contributed by atoms with E-state index < -0.39 is 11.8 Å². The van der Waals surface area contributed by atoms with Crippen molar-refractivity contribution in [3.63, 3.8) is 0 Å². The molecule has 6 nitrogen and oxygen atoms in total. The third-order valence-electron chi connectivity index (χ3n) is 1.11. The molecule has 1 rings (SSSR count). The minimum atomic E-state index is -1.57. The highest BCUT2D eigenvalue weighted by atomic mass is 32.1. The molecule has 13 heavy (non-hydrogen) atoms. The zero-order chi connectivity index (χ0) is 9.84. The minimum Gasteiger partial charge on any atom is -0.475 e. The molecule has 2 N–H and O–H groups in total. The number of rotatable bonds is 4. The van der Waals surface area contributed by atoms with E-state index >= 15 is 0 Å². The van der Waals surface area contributed by atoms with Crippen molar-refractivity contribution in [1.29, 1.82) is 0 Å². The highest BCUT2D eigenvalue weighted by molar-refractivity contribution is 7.14. The fourth-order valence-electron chi connectivity index (χ4n) is 0.604. The van der Waals surface area contributed by atoms with Crippen LogP contribution in [0.15, 0.2) is 5.38 Å². The number of carbonyl (C=O) groups excluding carboxylic acids is 2. The van der Waals surface area contributed by atoms with Gasteiger partial charge in [-0.15, -0.1) is 11.3 Å². The van der Waals surface area contributed by atoms with Gasteiger partial charge in [0.2, 0.25) is 6.41 Å². The SMILES string of the molecule is O=CNc1nc(C(=O)C(=O)O)cs1. The maximum absolute atomic E-state index is 10.8. The van der Waals surface area contributed by atoms with Gasteiger partial charge in [-0.1, -0.05) is 0 Å². The molecule has 0 fully saturated rings. The smallest absolute Gasteiger partial charge is 0.378 e. The number of anilines is 1. The zero-order valence-corrected chi connectivity index (χ0v) is 7.00. The Morgan fingerprint density at radius 1 is 1.62 bits per heavy atom. The van der Waals surface area contributed by atoms with Gasteiger partial charge in [-0.3, -0.25) is 9.59 Å². The summed E-state index contributed by atoms with van der Waals surface area (Å²) in [6, 6.07) is 0. The Hall–Kier alpha value is -1.76. The monoisotopic (exact) mass is 200 g/mol. The number of aromatic nitrogens is 1. The standard InChI is InChI=1S/C6H4N2O4S/c9-2-7-6-8-3(1-13-6)4(10)5(11)12/h1-2H,(H,11,12)(H,7,8,9). The molecule has 0 atom stereocenters. The van der Waals surface area contributed by atoms with Gasteiger partial charge < -0.3 is 10.4 Å². The van der Waals surface area contributed by atoms with Crippen LogP contribution in [0.25, 0.3) is 0 Å². The maximum Gasteiger partial charge on any atom is 0.378 e. The van der Waals surface area contributed by atoms with Crippen LogP contribution in [-0.2, 0) is 9.59 Å². The number of ketones is 1. The predicted octanol–water partition coefficient (Wildman–Crippen LogP) is -0.0213. The van der Waals surface area contributed by atoms with Crippen LogP contribution in [0.5, 0.6) is 0 Å². The number of hydrogen-bond donors (Lipinski definition) is 2. The lowest BCUT2D eigenvalue weighted by atomic mass is 10.3. The second-order valence-corrected chi connectivity index (χ2v) is 2.79. The summed E-state index contributed by atoms with van der Waals surface area (Å²) in [6.45, 7) is 0. The van der Waals surface area contributed by atoms with E-state index in [0.29, 0.717) is 6.41 Å². The quantitative estimate of drug-likeness (QED) is 0.404. The van der Waals surface area contributed by atoms with Crippen LogP contribution >= 0.6 is 11.3 Å². The molecule has 0 spiro atoms. The second kappa shape index (κ2) is 3.76. The molecule has 0 aliphatic heterocycles. The number of amides is 1. The molecule has 0 unspecified atom stereocenters. The van der Waals surface area contributed by atoms with Crippen LogP contribution in [0.3, 0.4) is 0 Å². The number of nitrogens with one attached hydrogen (secondary N) is 1. The molecule has 0 aliphatic carbocycles. The van der Waals surface area contributed by atoms with Crippen molar-refractivity contribution in [1.82, 2.24) is 4.98 Å². The van der Waals surface area contributed by atoms with Crippen molar-refractivity contribution in [3.05, 3.63) is 11.1 Å². The average molecular weight is 200 g/mol. The summed E-state index contributed by atoms with van der Waals surface area (Å²) in [6.07, 6.45) is 0.397. The van der Waals surface area contributed by atoms with Gasteiger partial charge >= 0.3 is 5.97 Å². The van der Waals surface area contributed by atoms with Crippen molar-refractivity contribution >= 4 is 34.6 Å². The molecule has 0 saturated heterocycles. The molecule has 68 valence electrons. The number of Topliss-reactive ketones (excluding diaryl/α,β-unsaturated/α-hetero) is 1. The van der Waals surface area contributed by atoms with Crippen molar-refractivity contribution in [3.8, 4) is 0 Å². The first-order chi connectivity index (χ1) is 6.15. The molecule has 1 heterocycles. The summed E-state index contributed by atoms with van der Waals surface area (Å²) >= 11 is 0.982. The molecule has 0 bridgehead atoms. The van der Waals surface area contributed by atoms with Crippen LogP contribution < -0.4 is 5.32 Å². The van der Waals surface area contributed by atoms with Crippen molar-refractivity contribution in [2.24, 2.45) is 0 Å². The van der Waals surface area contributed by atoms with Gasteiger partial charge in [0.05, 0.1) is 0 Å². The number of nitrogens with zero attached hydrogens (tertiary/aromatic N) is 1.